The lowest BCUT2D eigenvalue weighted by molar-refractivity contribution is -0.137. The van der Waals surface area contributed by atoms with Crippen LogP contribution in [0.1, 0.15) is 21.5 Å². The van der Waals surface area contributed by atoms with E-state index in [4.69, 9.17) is 16.3 Å². The van der Waals surface area contributed by atoms with Crippen molar-refractivity contribution in [2.45, 2.75) is 6.18 Å². The van der Waals surface area contributed by atoms with Gasteiger partial charge in [-0.2, -0.15) is 13.2 Å². The van der Waals surface area contributed by atoms with E-state index < -0.39 is 22.7 Å². The fourth-order valence-electron chi connectivity index (χ4n) is 2.06. The van der Waals surface area contributed by atoms with Gasteiger partial charge in [-0.1, -0.05) is 29.8 Å². The molecule has 2 aromatic carbocycles. The Kier molecular flexibility index (Phi) is 3.41. The van der Waals surface area contributed by atoms with Gasteiger partial charge in [-0.3, -0.25) is 0 Å². The number of nitrogens with zero attached hydrogens (tertiary/aromatic N) is 1. The second-order valence-corrected chi connectivity index (χ2v) is 4.87. The van der Waals surface area contributed by atoms with Crippen molar-refractivity contribution < 1.29 is 22.7 Å². The van der Waals surface area contributed by atoms with Gasteiger partial charge in [0.1, 0.15) is 0 Å². The molecule has 0 aromatic heterocycles. The lowest BCUT2D eigenvalue weighted by Gasteiger charge is -2.10. The van der Waals surface area contributed by atoms with Crippen molar-refractivity contribution in [3.8, 4) is 0 Å². The van der Waals surface area contributed by atoms with Gasteiger partial charge in [0.15, 0.2) is 0 Å². The molecule has 0 unspecified atom stereocenters. The lowest BCUT2D eigenvalue weighted by atomic mass is 10.1. The van der Waals surface area contributed by atoms with E-state index in [0.29, 0.717) is 11.1 Å². The van der Waals surface area contributed by atoms with E-state index in [1.165, 1.54) is 12.1 Å². The highest BCUT2D eigenvalue weighted by Gasteiger charge is 2.34. The van der Waals surface area contributed by atoms with Crippen LogP contribution in [0.3, 0.4) is 0 Å². The Morgan fingerprint density at radius 1 is 1.00 bits per heavy atom. The highest BCUT2D eigenvalue weighted by molar-refractivity contribution is 6.34. The molecule has 1 heterocycles. The van der Waals surface area contributed by atoms with Crippen LogP contribution >= 0.6 is 11.6 Å². The molecule has 0 amide bonds. The maximum absolute atomic E-state index is 12.8. The third-order valence-electron chi connectivity index (χ3n) is 3.07. The normalized spacial score (nSPS) is 15.8. The highest BCUT2D eigenvalue weighted by Crippen LogP contribution is 2.39. The molecule has 0 aliphatic carbocycles. The van der Waals surface area contributed by atoms with Crippen molar-refractivity contribution in [1.82, 2.24) is 0 Å². The molecule has 0 spiro atoms. The Balaban J connectivity index is 2.10. The van der Waals surface area contributed by atoms with Crippen molar-refractivity contribution in [2.24, 2.45) is 4.99 Å². The average Bonchev–Trinajstić information content (AvgIpc) is 2.77. The van der Waals surface area contributed by atoms with Gasteiger partial charge in [-0.15, -0.1) is 0 Å². The molecule has 0 N–H and O–H groups in total. The number of ether oxygens (including phenoxy) is 1. The predicted octanol–water partition coefficient (Wildman–Crippen LogP) is 4.61. The van der Waals surface area contributed by atoms with E-state index in [1.54, 1.807) is 24.3 Å². The molecule has 0 radical (unpaired) electrons. The summed E-state index contributed by atoms with van der Waals surface area (Å²) in [6.07, 6.45) is -4.59. The summed E-state index contributed by atoms with van der Waals surface area (Å²) in [4.78, 5) is 15.6. The number of fused-ring (bicyclic) bond motifs is 1. The summed E-state index contributed by atoms with van der Waals surface area (Å²) in [6.45, 7) is 0. The zero-order valence-corrected chi connectivity index (χ0v) is 11.6. The third kappa shape index (κ3) is 2.46. The van der Waals surface area contributed by atoms with Crippen LogP contribution in [-0.2, 0) is 10.9 Å². The first-order valence-electron chi connectivity index (χ1n) is 6.14. The number of rotatable bonds is 1. The SMILES string of the molecule is O=C1O/C(=N\c2cccc(C(F)(F)F)c2Cl)c2ccccc21. The molecule has 1 aliphatic rings. The average molecular weight is 326 g/mol. The monoisotopic (exact) mass is 325 g/mol. The maximum atomic E-state index is 12.8. The summed E-state index contributed by atoms with van der Waals surface area (Å²) in [6, 6.07) is 9.84. The molecule has 0 saturated heterocycles. The van der Waals surface area contributed by atoms with Crippen LogP contribution in [0.5, 0.6) is 0 Å². The van der Waals surface area contributed by atoms with Crippen molar-refractivity contribution in [3.05, 3.63) is 64.2 Å². The molecule has 22 heavy (non-hydrogen) atoms. The van der Waals surface area contributed by atoms with Crippen LogP contribution in [-0.4, -0.2) is 11.9 Å². The number of carbonyl (C=O) groups excluding carboxylic acids is 1. The summed E-state index contributed by atoms with van der Waals surface area (Å²) in [7, 11) is 0. The molecule has 0 bridgehead atoms. The van der Waals surface area contributed by atoms with Gasteiger partial charge in [0, 0.05) is 0 Å². The molecule has 1 aliphatic heterocycles. The first kappa shape index (κ1) is 14.6. The largest absolute Gasteiger partial charge is 0.417 e. The summed E-state index contributed by atoms with van der Waals surface area (Å²) in [5.41, 5.74) is -0.380. The molecular formula is C15H7ClF3NO2. The van der Waals surface area contributed by atoms with Crippen LogP contribution in [0.4, 0.5) is 18.9 Å². The van der Waals surface area contributed by atoms with Gasteiger partial charge in [-0.05, 0) is 24.3 Å². The Labute approximate surface area is 128 Å². The molecule has 2 aromatic rings. The Morgan fingerprint density at radius 3 is 2.36 bits per heavy atom. The standard InChI is InChI=1S/C15H7ClF3NO2/c16-12-10(15(17,18)19)6-3-7-11(12)20-13-8-4-1-2-5-9(8)14(21)22-13/h1-7H/b20-13-. The molecule has 3 rings (SSSR count). The molecule has 7 heteroatoms. The number of cyclic esters (lactones) is 1. The van der Waals surface area contributed by atoms with Crippen LogP contribution < -0.4 is 0 Å². The van der Waals surface area contributed by atoms with E-state index in [2.05, 4.69) is 4.99 Å². The summed E-state index contributed by atoms with van der Waals surface area (Å²) < 4.78 is 43.5. The number of hydrogen-bond donors (Lipinski definition) is 0. The molecule has 0 fully saturated rings. The van der Waals surface area contributed by atoms with Gasteiger partial charge in [0.05, 0.1) is 27.4 Å². The molecule has 112 valence electrons. The second-order valence-electron chi connectivity index (χ2n) is 4.49. The van der Waals surface area contributed by atoms with Crippen molar-refractivity contribution in [3.63, 3.8) is 0 Å². The van der Waals surface area contributed by atoms with Crippen LogP contribution in [0, 0.1) is 0 Å². The summed E-state index contributed by atoms with van der Waals surface area (Å²) in [5.74, 6) is -0.667. The van der Waals surface area contributed by atoms with Crippen LogP contribution in [0.15, 0.2) is 47.5 Å². The Bertz CT molecular complexity index is 800. The predicted molar refractivity (Wildman–Crippen MR) is 74.5 cm³/mol. The van der Waals surface area contributed by atoms with Crippen molar-refractivity contribution in [2.75, 3.05) is 0 Å². The number of esters is 1. The minimum atomic E-state index is -4.59. The molecule has 3 nitrogen and oxygen atoms in total. The van der Waals surface area contributed by atoms with Gasteiger partial charge < -0.3 is 4.74 Å². The van der Waals surface area contributed by atoms with Gasteiger partial charge in [-0.25, -0.2) is 9.79 Å². The number of aliphatic imine (C=N–C) groups is 1. The fraction of sp³-hybridized carbons (Fsp3) is 0.0667. The van der Waals surface area contributed by atoms with Gasteiger partial charge in [0.25, 0.3) is 0 Å². The van der Waals surface area contributed by atoms with Crippen LogP contribution in [0.25, 0.3) is 0 Å². The smallest absolute Gasteiger partial charge is 0.403 e. The lowest BCUT2D eigenvalue weighted by Crippen LogP contribution is -2.06. The zero-order valence-electron chi connectivity index (χ0n) is 10.8. The maximum Gasteiger partial charge on any atom is 0.417 e. The fourth-order valence-corrected chi connectivity index (χ4v) is 2.34. The molecular weight excluding hydrogens is 319 g/mol. The van der Waals surface area contributed by atoms with E-state index in [0.717, 1.165) is 6.07 Å². The molecule has 0 saturated carbocycles. The van der Waals surface area contributed by atoms with Crippen molar-refractivity contribution >= 4 is 29.2 Å². The number of benzene rings is 2. The topological polar surface area (TPSA) is 38.7 Å². The van der Waals surface area contributed by atoms with E-state index in [-0.39, 0.29) is 11.6 Å². The van der Waals surface area contributed by atoms with E-state index in [9.17, 15) is 18.0 Å². The number of carbonyl (C=O) groups is 1. The third-order valence-corrected chi connectivity index (χ3v) is 3.47. The minimum Gasteiger partial charge on any atom is -0.403 e. The number of alkyl halides is 3. The first-order chi connectivity index (χ1) is 10.4. The Hall–Kier alpha value is -2.34. The second kappa shape index (κ2) is 5.14. The molecule has 0 atom stereocenters. The summed E-state index contributed by atoms with van der Waals surface area (Å²) in [5, 5.41) is -0.539. The minimum absolute atomic E-state index is 0.0678. The Morgan fingerprint density at radius 2 is 1.68 bits per heavy atom. The number of halogens is 4. The number of hydrogen-bond acceptors (Lipinski definition) is 3. The van der Waals surface area contributed by atoms with Gasteiger partial charge >= 0.3 is 12.1 Å². The zero-order chi connectivity index (χ0) is 15.9. The quantitative estimate of drug-likeness (QED) is 0.718. The highest BCUT2D eigenvalue weighted by atomic mass is 35.5. The van der Waals surface area contributed by atoms with E-state index in [1.807, 2.05) is 0 Å². The van der Waals surface area contributed by atoms with Crippen molar-refractivity contribution in [1.29, 1.82) is 0 Å². The first-order valence-corrected chi connectivity index (χ1v) is 6.51. The summed E-state index contributed by atoms with van der Waals surface area (Å²) >= 11 is 5.77. The van der Waals surface area contributed by atoms with E-state index >= 15 is 0 Å². The van der Waals surface area contributed by atoms with Crippen LogP contribution in [0.2, 0.25) is 5.02 Å². The van der Waals surface area contributed by atoms with Gasteiger partial charge in [0.2, 0.25) is 5.90 Å².